The predicted octanol–water partition coefficient (Wildman–Crippen LogP) is 12.3. The molecule has 0 aliphatic heterocycles. The molecule has 12 rings (SSSR count). The average Bonchev–Trinajstić information content (AvgIpc) is 0.973. The molecule has 0 spiro atoms. The highest BCUT2D eigenvalue weighted by Crippen LogP contribution is 2.33. The van der Waals surface area contributed by atoms with Crippen LogP contribution in [0.15, 0.2) is 260 Å². The van der Waals surface area contributed by atoms with Gasteiger partial charge in [0.2, 0.25) is 0 Å². The number of halogens is 2. The molecular formula is C74H59Cl2N9O12. The summed E-state index contributed by atoms with van der Waals surface area (Å²) in [6, 6.07) is 61.8. The van der Waals surface area contributed by atoms with E-state index >= 15 is 0 Å². The molecule has 3 amide bonds. The van der Waals surface area contributed by atoms with Gasteiger partial charge < -0.3 is 30.2 Å². The van der Waals surface area contributed by atoms with E-state index in [1.54, 1.807) is 175 Å². The van der Waals surface area contributed by atoms with Gasteiger partial charge in [0.25, 0.3) is 34.4 Å². The standard InChI is InChI=1S/C25H20ClN3O4.C25H21N3O4.C24H18ClN3O4/c1-15-14-29(25(32)28-23(15)30)20-9-7-19(8-10-20)27-24(31)18-5-3-4-16(12-18)17-6-11-22(33-2)21(26)13-17;1-16-15-28(25(31)27-23(16)29)21-11-9-20(10-12-21)26-24(30)19-7-3-5-17(13-19)18-6-4-8-22(14-18)32-2;1-32-21-10-5-16(14-20(21)25)15-3-2-4-17(13-15)23(30)26-18-6-8-19(9-7-18)28-12-11-22(29)27-24(28)31/h3-14H,1-2H3,(H,27,31)(H,28,30,32);3-15H,1-2H3,(H,26,30)(H,27,29,31);2-14H,1H3,(H,26,30)(H,27,29,31). The fraction of sp³-hybridized carbons (Fsp3) is 0.0676. The number of amides is 3. The van der Waals surface area contributed by atoms with Crippen LogP contribution in [-0.4, -0.2) is 67.7 Å². The van der Waals surface area contributed by atoms with E-state index in [4.69, 9.17) is 37.4 Å². The first kappa shape index (κ1) is 67.3. The second-order valence-electron chi connectivity index (χ2n) is 21.5. The van der Waals surface area contributed by atoms with Crippen molar-refractivity contribution in [2.75, 3.05) is 37.3 Å². The Hall–Kier alpha value is -12.6. The Kier molecular flexibility index (Phi) is 21.1. The Morgan fingerprint density at radius 2 is 0.711 bits per heavy atom. The summed E-state index contributed by atoms with van der Waals surface area (Å²) in [6.07, 6.45) is 4.36. The van der Waals surface area contributed by atoms with Gasteiger partial charge in [-0.1, -0.05) is 83.9 Å². The monoisotopic (exact) mass is 1340 g/mol. The van der Waals surface area contributed by atoms with E-state index in [0.717, 1.165) is 39.1 Å². The van der Waals surface area contributed by atoms with Gasteiger partial charge in [-0.25, -0.2) is 14.4 Å². The summed E-state index contributed by atoms with van der Waals surface area (Å²) in [7, 11) is 4.72. The number of carbonyl (C=O) groups is 3. The molecule has 0 saturated carbocycles. The van der Waals surface area contributed by atoms with Crippen molar-refractivity contribution in [3.8, 4) is 67.7 Å². The molecule has 0 saturated heterocycles. The van der Waals surface area contributed by atoms with Crippen LogP contribution in [0.2, 0.25) is 10.0 Å². The Morgan fingerprint density at radius 3 is 1.06 bits per heavy atom. The van der Waals surface area contributed by atoms with Gasteiger partial charge in [0.05, 0.1) is 48.4 Å². The number of methoxy groups -OCH3 is 3. The summed E-state index contributed by atoms with van der Waals surface area (Å²) in [5.74, 6) is 1.10. The first-order chi connectivity index (χ1) is 46.7. The summed E-state index contributed by atoms with van der Waals surface area (Å²) < 4.78 is 19.6. The van der Waals surface area contributed by atoms with E-state index in [0.29, 0.717) is 83.5 Å². The molecule has 6 N–H and O–H groups in total. The maximum absolute atomic E-state index is 12.8. The minimum absolute atomic E-state index is 0.250. The maximum Gasteiger partial charge on any atom is 0.332 e. The summed E-state index contributed by atoms with van der Waals surface area (Å²) in [4.78, 5) is 115. The van der Waals surface area contributed by atoms with E-state index < -0.39 is 33.7 Å². The van der Waals surface area contributed by atoms with Crippen molar-refractivity contribution >= 4 is 58.0 Å². The van der Waals surface area contributed by atoms with E-state index in [1.165, 1.54) is 38.4 Å². The summed E-state index contributed by atoms with van der Waals surface area (Å²) in [5, 5.41) is 9.53. The van der Waals surface area contributed by atoms with E-state index in [9.17, 15) is 43.2 Å². The molecule has 0 aliphatic rings. The SMILES string of the molecule is COc1ccc(-c2cccc(C(=O)Nc3ccc(-n4cc(C)c(=O)[nH]c4=O)cc3)c2)cc1Cl.COc1ccc(-c2cccc(C(=O)Nc3ccc(-n4ccc(=O)[nH]c4=O)cc3)c2)cc1Cl.COc1cccc(-c2cccc(C(=O)Nc3ccc(-n4cc(C)c(=O)[nH]c4=O)cc3)c2)c1. The smallest absolute Gasteiger partial charge is 0.332 e. The highest BCUT2D eigenvalue weighted by atomic mass is 35.5. The number of aryl methyl sites for hydroxylation is 2. The van der Waals surface area contributed by atoms with E-state index in [2.05, 4.69) is 30.9 Å². The Labute approximate surface area is 562 Å². The van der Waals surface area contributed by atoms with Crippen molar-refractivity contribution in [2.45, 2.75) is 13.8 Å². The molecule has 21 nitrogen and oxygen atoms in total. The number of hydrogen-bond acceptors (Lipinski definition) is 12. The van der Waals surface area contributed by atoms with E-state index in [1.807, 2.05) is 66.7 Å². The molecule has 0 radical (unpaired) electrons. The fourth-order valence-electron chi connectivity index (χ4n) is 9.88. The molecule has 0 bridgehead atoms. The lowest BCUT2D eigenvalue weighted by atomic mass is 10.0. The van der Waals surface area contributed by atoms with Crippen LogP contribution in [0.1, 0.15) is 42.2 Å². The van der Waals surface area contributed by atoms with Crippen LogP contribution in [-0.2, 0) is 0 Å². The molecular weight excluding hydrogens is 1280 g/mol. The number of anilines is 3. The van der Waals surface area contributed by atoms with E-state index in [-0.39, 0.29) is 17.7 Å². The number of H-pyrrole nitrogens is 3. The lowest BCUT2D eigenvalue weighted by molar-refractivity contribution is 0.101. The fourth-order valence-corrected chi connectivity index (χ4v) is 10.4. The summed E-state index contributed by atoms with van der Waals surface area (Å²) in [5.41, 5.74) is 8.12. The second-order valence-corrected chi connectivity index (χ2v) is 22.4. The molecule has 23 heteroatoms. The molecule has 9 aromatic carbocycles. The van der Waals surface area contributed by atoms with Crippen LogP contribution in [0.3, 0.4) is 0 Å². The van der Waals surface area contributed by atoms with Crippen molar-refractivity contribution in [1.29, 1.82) is 0 Å². The number of nitrogens with zero attached hydrogens (tertiary/aromatic N) is 3. The third-order valence-electron chi connectivity index (χ3n) is 15.0. The Bertz CT molecular complexity index is 5310. The summed E-state index contributed by atoms with van der Waals surface area (Å²) >= 11 is 12.4. The molecule has 0 atom stereocenters. The molecule has 486 valence electrons. The minimum Gasteiger partial charge on any atom is -0.497 e. The normalized spacial score (nSPS) is 10.6. The van der Waals surface area contributed by atoms with Crippen molar-refractivity contribution < 1.29 is 28.6 Å². The maximum atomic E-state index is 12.8. The lowest BCUT2D eigenvalue weighted by Crippen LogP contribution is -2.29. The first-order valence-corrected chi connectivity index (χ1v) is 30.3. The number of aromatic nitrogens is 6. The lowest BCUT2D eigenvalue weighted by Gasteiger charge is -2.10. The number of rotatable bonds is 15. The topological polar surface area (TPSA) is 280 Å². The number of ether oxygens (including phenoxy) is 3. The van der Waals surface area contributed by atoms with Gasteiger partial charge in [-0.05, 0) is 193 Å². The first-order valence-electron chi connectivity index (χ1n) is 29.6. The molecule has 0 fully saturated rings. The number of carbonyl (C=O) groups excluding carboxylic acids is 3. The molecule has 0 aliphatic carbocycles. The van der Waals surface area contributed by atoms with Crippen LogP contribution in [0.25, 0.3) is 50.4 Å². The molecule has 3 aromatic heterocycles. The van der Waals surface area contributed by atoms with Gasteiger partial charge in [-0.3, -0.25) is 57.4 Å². The van der Waals surface area contributed by atoms with Crippen molar-refractivity contribution in [3.05, 3.63) is 331 Å². The Balaban J connectivity index is 0.000000158. The van der Waals surface area contributed by atoms with Gasteiger partial charge >= 0.3 is 17.1 Å². The molecule has 0 unspecified atom stereocenters. The van der Waals surface area contributed by atoms with Gasteiger partial charge in [-0.2, -0.15) is 0 Å². The molecule has 3 heterocycles. The van der Waals surface area contributed by atoms with Crippen molar-refractivity contribution in [2.24, 2.45) is 0 Å². The Morgan fingerprint density at radius 1 is 0.371 bits per heavy atom. The second kappa shape index (κ2) is 30.4. The number of aromatic amines is 3. The van der Waals surface area contributed by atoms with Crippen molar-refractivity contribution in [3.63, 3.8) is 0 Å². The van der Waals surface area contributed by atoms with Crippen LogP contribution in [0.4, 0.5) is 17.1 Å². The number of nitrogens with one attached hydrogen (secondary N) is 6. The van der Waals surface area contributed by atoms with Gasteiger partial charge in [-0.15, -0.1) is 0 Å². The average molecular weight is 1340 g/mol. The zero-order valence-electron chi connectivity index (χ0n) is 52.4. The van der Waals surface area contributed by atoms with Gasteiger partial charge in [0.15, 0.2) is 0 Å². The quantitative estimate of drug-likeness (QED) is 0.0559. The third-order valence-corrected chi connectivity index (χ3v) is 15.6. The largest absolute Gasteiger partial charge is 0.497 e. The molecule has 12 aromatic rings. The van der Waals surface area contributed by atoms with Gasteiger partial charge in [0, 0.05) is 69.5 Å². The third kappa shape index (κ3) is 16.6. The minimum atomic E-state index is -0.537. The number of benzene rings is 9. The van der Waals surface area contributed by atoms with Crippen LogP contribution >= 0.6 is 23.2 Å². The highest BCUT2D eigenvalue weighted by molar-refractivity contribution is 6.32. The van der Waals surface area contributed by atoms with Gasteiger partial charge in [0.1, 0.15) is 17.2 Å². The predicted molar refractivity (Wildman–Crippen MR) is 377 cm³/mol. The molecule has 97 heavy (non-hydrogen) atoms. The van der Waals surface area contributed by atoms with Crippen molar-refractivity contribution in [1.82, 2.24) is 28.7 Å². The number of hydrogen-bond donors (Lipinski definition) is 6. The zero-order chi connectivity index (χ0) is 68.9. The van der Waals surface area contributed by atoms with Crippen LogP contribution in [0.5, 0.6) is 17.2 Å². The summed E-state index contributed by atoms with van der Waals surface area (Å²) in [6.45, 7) is 3.25. The van der Waals surface area contributed by atoms with Crippen LogP contribution < -0.4 is 63.9 Å². The zero-order valence-corrected chi connectivity index (χ0v) is 53.9. The highest BCUT2D eigenvalue weighted by Gasteiger charge is 2.15. The van der Waals surface area contributed by atoms with Crippen LogP contribution in [0, 0.1) is 13.8 Å².